The third-order valence-corrected chi connectivity index (χ3v) is 3.78. The largest absolute Gasteiger partial charge is 0.465 e. The fraction of sp³-hybridized carbons (Fsp3) is 0.625. The van der Waals surface area contributed by atoms with Gasteiger partial charge in [0.2, 0.25) is 0 Å². The van der Waals surface area contributed by atoms with Gasteiger partial charge in [0.1, 0.15) is 5.56 Å². The summed E-state index contributed by atoms with van der Waals surface area (Å²) in [6.07, 6.45) is 9.21. The number of ether oxygens (including phenoxy) is 1. The number of hydrogen-bond acceptors (Lipinski definition) is 3. The number of unbranched alkanes of at least 4 members (excludes halogenated alkanes) is 5. The molecule has 0 aliphatic carbocycles. The maximum absolute atomic E-state index is 11.7. The van der Waals surface area contributed by atoms with E-state index in [1.807, 2.05) is 6.92 Å². The van der Waals surface area contributed by atoms with Crippen LogP contribution in [0, 0.1) is 6.92 Å². The highest BCUT2D eigenvalue weighted by molar-refractivity contribution is 7.80. The van der Waals surface area contributed by atoms with Crippen LogP contribution in [-0.4, -0.2) is 29.7 Å². The number of aryl methyl sites for hydroxylation is 1. The molecule has 1 heterocycles. The fourth-order valence-corrected chi connectivity index (χ4v) is 2.48. The van der Waals surface area contributed by atoms with Crippen molar-refractivity contribution in [1.82, 2.24) is 10.3 Å². The molecule has 0 aliphatic heterocycles. The SMILES string of the molecule is CCCCCCCCNC(=S)Nc1c[nH]c(C)c1C(=O)OC. The van der Waals surface area contributed by atoms with Crippen LogP contribution in [0.2, 0.25) is 0 Å². The zero-order chi connectivity index (χ0) is 16.4. The molecule has 1 aromatic rings. The van der Waals surface area contributed by atoms with Crippen molar-refractivity contribution in [3.63, 3.8) is 0 Å². The van der Waals surface area contributed by atoms with E-state index < -0.39 is 0 Å². The molecule has 0 amide bonds. The van der Waals surface area contributed by atoms with Gasteiger partial charge in [0.25, 0.3) is 0 Å². The first kappa shape index (κ1) is 18.5. The number of hydrogen-bond donors (Lipinski definition) is 3. The topological polar surface area (TPSA) is 66.1 Å². The van der Waals surface area contributed by atoms with Crippen molar-refractivity contribution < 1.29 is 9.53 Å². The maximum Gasteiger partial charge on any atom is 0.341 e. The Balaban J connectivity index is 2.32. The molecule has 22 heavy (non-hydrogen) atoms. The summed E-state index contributed by atoms with van der Waals surface area (Å²) in [6, 6.07) is 0. The molecule has 0 fully saturated rings. The molecule has 0 unspecified atom stereocenters. The lowest BCUT2D eigenvalue weighted by Crippen LogP contribution is -2.29. The number of H-pyrrole nitrogens is 1. The third kappa shape index (κ3) is 6.05. The van der Waals surface area contributed by atoms with E-state index in [0.717, 1.165) is 18.7 Å². The minimum absolute atomic E-state index is 0.375. The van der Waals surface area contributed by atoms with E-state index in [-0.39, 0.29) is 5.97 Å². The van der Waals surface area contributed by atoms with Crippen LogP contribution in [0.1, 0.15) is 61.5 Å². The molecular weight excluding hydrogens is 298 g/mol. The molecule has 0 bridgehead atoms. The van der Waals surface area contributed by atoms with Crippen LogP contribution in [-0.2, 0) is 4.74 Å². The summed E-state index contributed by atoms with van der Waals surface area (Å²) < 4.78 is 4.78. The van der Waals surface area contributed by atoms with Crippen molar-refractivity contribution in [3.8, 4) is 0 Å². The summed E-state index contributed by atoms with van der Waals surface area (Å²) in [5.41, 5.74) is 1.89. The molecular formula is C16H27N3O2S. The van der Waals surface area contributed by atoms with Crippen LogP contribution in [0.15, 0.2) is 6.20 Å². The van der Waals surface area contributed by atoms with Crippen LogP contribution in [0.4, 0.5) is 5.69 Å². The van der Waals surface area contributed by atoms with Crippen LogP contribution in [0.3, 0.4) is 0 Å². The quantitative estimate of drug-likeness (QED) is 0.366. The minimum Gasteiger partial charge on any atom is -0.465 e. The summed E-state index contributed by atoms with van der Waals surface area (Å²) in [5, 5.41) is 6.74. The van der Waals surface area contributed by atoms with Gasteiger partial charge in [0.15, 0.2) is 5.11 Å². The van der Waals surface area contributed by atoms with Gasteiger partial charge in [-0.3, -0.25) is 0 Å². The van der Waals surface area contributed by atoms with Gasteiger partial charge in [-0.15, -0.1) is 0 Å². The Morgan fingerprint density at radius 2 is 1.95 bits per heavy atom. The molecule has 0 spiro atoms. The number of esters is 1. The van der Waals surface area contributed by atoms with Crippen LogP contribution in [0.25, 0.3) is 0 Å². The predicted molar refractivity (Wildman–Crippen MR) is 94.5 cm³/mol. The lowest BCUT2D eigenvalue weighted by atomic mass is 10.1. The molecule has 0 radical (unpaired) electrons. The van der Waals surface area contributed by atoms with Crippen LogP contribution in [0.5, 0.6) is 0 Å². The van der Waals surface area contributed by atoms with E-state index in [1.54, 1.807) is 6.20 Å². The molecule has 0 saturated carbocycles. The van der Waals surface area contributed by atoms with Gasteiger partial charge in [-0.1, -0.05) is 39.0 Å². The number of thiocarbonyl (C=S) groups is 1. The Labute approximate surface area is 138 Å². The lowest BCUT2D eigenvalue weighted by molar-refractivity contribution is 0.0601. The first-order chi connectivity index (χ1) is 10.6. The van der Waals surface area contributed by atoms with Crippen molar-refractivity contribution in [3.05, 3.63) is 17.5 Å². The summed E-state index contributed by atoms with van der Waals surface area (Å²) in [6.45, 7) is 4.89. The normalized spacial score (nSPS) is 10.3. The average molecular weight is 325 g/mol. The predicted octanol–water partition coefficient (Wildman–Crippen LogP) is 3.76. The standard InChI is InChI=1S/C16H27N3O2S/c1-4-5-6-7-8-9-10-17-16(22)19-13-11-18-12(2)14(13)15(20)21-3/h11,18H,4-10H2,1-3H3,(H2,17,19,22). The highest BCUT2D eigenvalue weighted by Crippen LogP contribution is 2.19. The zero-order valence-corrected chi connectivity index (χ0v) is 14.6. The minimum atomic E-state index is -0.375. The summed E-state index contributed by atoms with van der Waals surface area (Å²) in [5.74, 6) is -0.375. The molecule has 3 N–H and O–H groups in total. The van der Waals surface area contributed by atoms with Gasteiger partial charge in [0, 0.05) is 18.4 Å². The molecule has 124 valence electrons. The number of anilines is 1. The van der Waals surface area contributed by atoms with Crippen molar-refractivity contribution in [2.45, 2.75) is 52.4 Å². The van der Waals surface area contributed by atoms with Crippen molar-refractivity contribution in [1.29, 1.82) is 0 Å². The van der Waals surface area contributed by atoms with Gasteiger partial charge in [-0.2, -0.15) is 0 Å². The van der Waals surface area contributed by atoms with E-state index in [0.29, 0.717) is 16.4 Å². The molecule has 6 heteroatoms. The number of carbonyl (C=O) groups excluding carboxylic acids is 1. The summed E-state index contributed by atoms with van der Waals surface area (Å²) >= 11 is 5.26. The Morgan fingerprint density at radius 3 is 2.64 bits per heavy atom. The van der Waals surface area contributed by atoms with E-state index in [1.165, 1.54) is 39.2 Å². The highest BCUT2D eigenvalue weighted by atomic mass is 32.1. The average Bonchev–Trinajstić information content (AvgIpc) is 2.86. The molecule has 0 aromatic carbocycles. The van der Waals surface area contributed by atoms with E-state index in [2.05, 4.69) is 22.5 Å². The molecule has 1 rings (SSSR count). The van der Waals surface area contributed by atoms with E-state index in [4.69, 9.17) is 17.0 Å². The number of methoxy groups -OCH3 is 1. The number of aromatic nitrogens is 1. The van der Waals surface area contributed by atoms with Gasteiger partial charge in [0.05, 0.1) is 12.8 Å². The highest BCUT2D eigenvalue weighted by Gasteiger charge is 2.17. The first-order valence-corrected chi connectivity index (χ1v) is 8.32. The Bertz CT molecular complexity index is 486. The fourth-order valence-electron chi connectivity index (χ4n) is 2.26. The number of nitrogens with one attached hydrogen (secondary N) is 3. The Hall–Kier alpha value is -1.56. The van der Waals surface area contributed by atoms with Crippen molar-refractivity contribution in [2.24, 2.45) is 0 Å². The van der Waals surface area contributed by atoms with Crippen molar-refractivity contribution in [2.75, 3.05) is 19.0 Å². The van der Waals surface area contributed by atoms with E-state index in [9.17, 15) is 4.79 Å². The Kier molecular flexibility index (Phi) is 8.58. The van der Waals surface area contributed by atoms with Gasteiger partial charge in [-0.25, -0.2) is 4.79 Å². The smallest absolute Gasteiger partial charge is 0.341 e. The molecule has 0 saturated heterocycles. The second-order valence-electron chi connectivity index (χ2n) is 5.34. The monoisotopic (exact) mass is 325 g/mol. The molecule has 0 aliphatic rings. The zero-order valence-electron chi connectivity index (χ0n) is 13.8. The Morgan fingerprint density at radius 1 is 1.27 bits per heavy atom. The molecule has 1 aromatic heterocycles. The number of aromatic amines is 1. The third-order valence-electron chi connectivity index (χ3n) is 3.53. The summed E-state index contributed by atoms with van der Waals surface area (Å²) in [4.78, 5) is 14.7. The first-order valence-electron chi connectivity index (χ1n) is 7.91. The second-order valence-corrected chi connectivity index (χ2v) is 5.75. The molecule has 5 nitrogen and oxygen atoms in total. The molecule has 0 atom stereocenters. The number of rotatable bonds is 9. The van der Waals surface area contributed by atoms with Gasteiger partial charge >= 0.3 is 5.97 Å². The second kappa shape index (κ2) is 10.2. The van der Waals surface area contributed by atoms with Crippen LogP contribution < -0.4 is 10.6 Å². The van der Waals surface area contributed by atoms with E-state index >= 15 is 0 Å². The maximum atomic E-state index is 11.7. The van der Waals surface area contributed by atoms with Crippen molar-refractivity contribution >= 4 is 29.0 Å². The number of carbonyl (C=O) groups is 1. The lowest BCUT2D eigenvalue weighted by Gasteiger charge is -2.10. The van der Waals surface area contributed by atoms with Gasteiger partial charge < -0.3 is 20.4 Å². The summed E-state index contributed by atoms with van der Waals surface area (Å²) in [7, 11) is 1.37. The van der Waals surface area contributed by atoms with Crippen LogP contribution >= 0.6 is 12.2 Å². The van der Waals surface area contributed by atoms with Gasteiger partial charge in [-0.05, 0) is 25.6 Å².